The SMILES string of the molecule is CC(C)(C)c1ccc(-n2nnc(=O)c3ccccc32)c(O)c1. The number of nitrogens with zero attached hydrogens (tertiary/aromatic N) is 3. The number of fused-ring (bicyclic) bond motifs is 1. The lowest BCUT2D eigenvalue weighted by Crippen LogP contribution is -2.16. The Morgan fingerprint density at radius 3 is 2.50 bits per heavy atom. The molecule has 5 heteroatoms. The van der Waals surface area contributed by atoms with Crippen molar-refractivity contribution in [2.45, 2.75) is 26.2 Å². The zero-order chi connectivity index (χ0) is 15.9. The minimum atomic E-state index is -0.377. The second-order valence-electron chi connectivity index (χ2n) is 6.28. The average Bonchev–Trinajstić information content (AvgIpc) is 2.47. The standard InChI is InChI=1S/C17H17N3O2/c1-17(2,3)11-8-9-14(15(21)10-11)20-13-7-5-4-6-12(13)16(22)18-19-20/h4-10,21H,1-3H3. The molecule has 0 bridgehead atoms. The van der Waals surface area contributed by atoms with E-state index in [4.69, 9.17) is 0 Å². The van der Waals surface area contributed by atoms with Crippen LogP contribution in [0.2, 0.25) is 0 Å². The van der Waals surface area contributed by atoms with Gasteiger partial charge in [0, 0.05) is 0 Å². The maximum Gasteiger partial charge on any atom is 0.299 e. The molecule has 0 radical (unpaired) electrons. The molecule has 0 amide bonds. The molecule has 0 saturated carbocycles. The highest BCUT2D eigenvalue weighted by atomic mass is 16.3. The number of hydrogen-bond donors (Lipinski definition) is 1. The van der Waals surface area contributed by atoms with Crippen molar-refractivity contribution in [3.8, 4) is 11.4 Å². The molecule has 0 spiro atoms. The summed E-state index contributed by atoms with van der Waals surface area (Å²) in [6.45, 7) is 6.24. The van der Waals surface area contributed by atoms with E-state index in [1.54, 1.807) is 30.3 Å². The van der Waals surface area contributed by atoms with Crippen molar-refractivity contribution < 1.29 is 5.11 Å². The number of benzene rings is 2. The molecule has 1 aromatic heterocycles. The lowest BCUT2D eigenvalue weighted by atomic mass is 9.87. The topological polar surface area (TPSA) is 68.0 Å². The van der Waals surface area contributed by atoms with E-state index in [2.05, 4.69) is 31.1 Å². The van der Waals surface area contributed by atoms with Gasteiger partial charge in [0.25, 0.3) is 5.56 Å². The number of aromatic nitrogens is 3. The summed E-state index contributed by atoms with van der Waals surface area (Å²) in [6.07, 6.45) is 0. The molecule has 0 unspecified atom stereocenters. The Morgan fingerprint density at radius 2 is 1.82 bits per heavy atom. The van der Waals surface area contributed by atoms with Crippen LogP contribution in [0.5, 0.6) is 5.75 Å². The third-order valence-corrected chi connectivity index (χ3v) is 3.66. The van der Waals surface area contributed by atoms with Gasteiger partial charge in [-0.1, -0.05) is 49.3 Å². The zero-order valence-corrected chi connectivity index (χ0v) is 12.7. The second-order valence-corrected chi connectivity index (χ2v) is 6.28. The first-order valence-corrected chi connectivity index (χ1v) is 7.06. The van der Waals surface area contributed by atoms with Gasteiger partial charge < -0.3 is 5.11 Å². The van der Waals surface area contributed by atoms with Crippen LogP contribution in [-0.2, 0) is 5.41 Å². The summed E-state index contributed by atoms with van der Waals surface area (Å²) in [6, 6.07) is 12.5. The van der Waals surface area contributed by atoms with E-state index in [1.165, 1.54) is 4.68 Å². The van der Waals surface area contributed by atoms with Crippen LogP contribution >= 0.6 is 0 Å². The smallest absolute Gasteiger partial charge is 0.299 e. The second kappa shape index (κ2) is 4.94. The number of phenols is 1. The van der Waals surface area contributed by atoms with Gasteiger partial charge in [0.1, 0.15) is 11.4 Å². The van der Waals surface area contributed by atoms with E-state index >= 15 is 0 Å². The summed E-state index contributed by atoms with van der Waals surface area (Å²) in [4.78, 5) is 11.8. The Kier molecular flexibility index (Phi) is 3.20. The summed E-state index contributed by atoms with van der Waals surface area (Å²) in [5.74, 6) is 0.107. The molecule has 0 atom stereocenters. The van der Waals surface area contributed by atoms with Crippen LogP contribution in [-0.4, -0.2) is 20.1 Å². The molecule has 0 fully saturated rings. The van der Waals surface area contributed by atoms with E-state index in [9.17, 15) is 9.90 Å². The third-order valence-electron chi connectivity index (χ3n) is 3.66. The lowest BCUT2D eigenvalue weighted by Gasteiger charge is -2.20. The van der Waals surface area contributed by atoms with Crippen LogP contribution in [0.3, 0.4) is 0 Å². The Hall–Kier alpha value is -2.69. The largest absolute Gasteiger partial charge is 0.506 e. The number of phenolic OH excluding ortho intramolecular Hbond substituents is 1. The first-order chi connectivity index (χ1) is 10.4. The van der Waals surface area contributed by atoms with E-state index in [0.717, 1.165) is 5.56 Å². The molecule has 0 aliphatic rings. The number of aromatic hydroxyl groups is 1. The van der Waals surface area contributed by atoms with Crippen molar-refractivity contribution in [1.82, 2.24) is 15.0 Å². The lowest BCUT2D eigenvalue weighted by molar-refractivity contribution is 0.465. The van der Waals surface area contributed by atoms with Crippen molar-refractivity contribution in [2.24, 2.45) is 0 Å². The third kappa shape index (κ3) is 2.35. The van der Waals surface area contributed by atoms with Gasteiger partial charge in [0.15, 0.2) is 0 Å². The molecule has 0 aliphatic heterocycles. The minimum Gasteiger partial charge on any atom is -0.506 e. The van der Waals surface area contributed by atoms with Crippen LogP contribution in [0.25, 0.3) is 16.6 Å². The normalized spacial score (nSPS) is 11.8. The summed E-state index contributed by atoms with van der Waals surface area (Å²) in [5, 5.41) is 18.4. The molecule has 22 heavy (non-hydrogen) atoms. The van der Waals surface area contributed by atoms with Crippen LogP contribution in [0.4, 0.5) is 0 Å². The maximum absolute atomic E-state index is 11.8. The summed E-state index contributed by atoms with van der Waals surface area (Å²) in [7, 11) is 0. The monoisotopic (exact) mass is 295 g/mol. The fraction of sp³-hybridized carbons (Fsp3) is 0.235. The number of para-hydroxylation sites is 1. The van der Waals surface area contributed by atoms with E-state index in [0.29, 0.717) is 16.6 Å². The number of rotatable bonds is 1. The molecular formula is C17H17N3O2. The van der Waals surface area contributed by atoms with Crippen molar-refractivity contribution >= 4 is 10.9 Å². The highest BCUT2D eigenvalue weighted by Gasteiger charge is 2.17. The quantitative estimate of drug-likeness (QED) is 0.749. The van der Waals surface area contributed by atoms with Gasteiger partial charge in [-0.15, -0.1) is 0 Å². The predicted octanol–water partition coefficient (Wildman–Crippen LogP) is 2.78. The van der Waals surface area contributed by atoms with Gasteiger partial charge in [-0.05, 0) is 35.2 Å². The molecule has 0 aliphatic carbocycles. The van der Waals surface area contributed by atoms with Crippen molar-refractivity contribution in [3.63, 3.8) is 0 Å². The van der Waals surface area contributed by atoms with Gasteiger partial charge in [-0.3, -0.25) is 4.79 Å². The minimum absolute atomic E-state index is 0.0622. The predicted molar refractivity (Wildman–Crippen MR) is 85.5 cm³/mol. The summed E-state index contributed by atoms with van der Waals surface area (Å²) < 4.78 is 1.48. The van der Waals surface area contributed by atoms with Gasteiger partial charge in [-0.25, -0.2) is 4.68 Å². The van der Waals surface area contributed by atoms with E-state index < -0.39 is 0 Å². The summed E-state index contributed by atoms with van der Waals surface area (Å²) in [5.41, 5.74) is 1.69. The maximum atomic E-state index is 11.8. The molecule has 1 N–H and O–H groups in total. The van der Waals surface area contributed by atoms with Crippen molar-refractivity contribution in [1.29, 1.82) is 0 Å². The highest BCUT2D eigenvalue weighted by Crippen LogP contribution is 2.30. The average molecular weight is 295 g/mol. The van der Waals surface area contributed by atoms with Crippen molar-refractivity contribution in [2.75, 3.05) is 0 Å². The van der Waals surface area contributed by atoms with Gasteiger partial charge in [0.05, 0.1) is 10.9 Å². The molecule has 1 heterocycles. The Balaban J connectivity index is 2.25. The fourth-order valence-corrected chi connectivity index (χ4v) is 2.37. The van der Waals surface area contributed by atoms with E-state index in [1.807, 2.05) is 12.1 Å². The Morgan fingerprint density at radius 1 is 1.09 bits per heavy atom. The molecule has 5 nitrogen and oxygen atoms in total. The fourth-order valence-electron chi connectivity index (χ4n) is 2.37. The summed E-state index contributed by atoms with van der Waals surface area (Å²) >= 11 is 0. The molecule has 2 aromatic carbocycles. The molecule has 3 rings (SSSR count). The molecule has 112 valence electrons. The van der Waals surface area contributed by atoms with Crippen LogP contribution in [0.1, 0.15) is 26.3 Å². The van der Waals surface area contributed by atoms with Crippen molar-refractivity contribution in [3.05, 3.63) is 58.4 Å². The number of hydrogen-bond acceptors (Lipinski definition) is 4. The van der Waals surface area contributed by atoms with Gasteiger partial charge in [-0.2, -0.15) is 0 Å². The first kappa shape index (κ1) is 14.3. The highest BCUT2D eigenvalue weighted by molar-refractivity contribution is 5.79. The molecular weight excluding hydrogens is 278 g/mol. The van der Waals surface area contributed by atoms with Crippen LogP contribution < -0.4 is 5.56 Å². The first-order valence-electron chi connectivity index (χ1n) is 7.06. The Labute approximate surface area is 127 Å². The zero-order valence-electron chi connectivity index (χ0n) is 12.7. The van der Waals surface area contributed by atoms with E-state index in [-0.39, 0.29) is 16.7 Å². The molecule has 3 aromatic rings. The van der Waals surface area contributed by atoms with Crippen LogP contribution in [0, 0.1) is 0 Å². The van der Waals surface area contributed by atoms with Gasteiger partial charge >= 0.3 is 0 Å². The molecule has 0 saturated heterocycles. The van der Waals surface area contributed by atoms with Crippen LogP contribution in [0.15, 0.2) is 47.3 Å². The van der Waals surface area contributed by atoms with Gasteiger partial charge in [0.2, 0.25) is 0 Å². The Bertz CT molecular complexity index is 908.